The first kappa shape index (κ1) is 27.6. The van der Waals surface area contributed by atoms with Gasteiger partial charge in [-0.1, -0.05) is 26.5 Å². The SMILES string of the molecule is C=CC1=C(C)C2=NC1=CC1=NC(=C(CC)/C1=C\O)C=C1N=C3C(=C4NC(=C2)C(C)C4CCC(=O)OC)CC(=O)C3=C1C. The fraction of sp³-hybridized carbons (Fsp3) is 0.324. The number of rotatable bonds is 5. The number of hydrogen-bond donors (Lipinski definition) is 2. The summed E-state index contributed by atoms with van der Waals surface area (Å²) >= 11 is 0. The van der Waals surface area contributed by atoms with Crippen molar-refractivity contribution in [3.63, 3.8) is 0 Å². The van der Waals surface area contributed by atoms with Crippen LogP contribution in [-0.4, -0.2) is 41.1 Å². The quantitative estimate of drug-likeness (QED) is 0.316. The Balaban J connectivity index is 1.62. The molecule has 0 aromatic rings. The molecule has 1 aliphatic carbocycles. The van der Waals surface area contributed by atoms with Crippen LogP contribution in [0.3, 0.4) is 0 Å². The molecule has 2 fully saturated rings. The highest BCUT2D eigenvalue weighted by Gasteiger charge is 2.43. The summed E-state index contributed by atoms with van der Waals surface area (Å²) in [7, 11) is 1.40. The third kappa shape index (κ3) is 4.16. The van der Waals surface area contributed by atoms with Crippen LogP contribution in [0.15, 0.2) is 120 Å². The van der Waals surface area contributed by atoms with Gasteiger partial charge in [-0.05, 0) is 61.6 Å². The van der Waals surface area contributed by atoms with E-state index in [2.05, 4.69) is 24.9 Å². The number of nitrogens with one attached hydrogen (secondary N) is 1. The minimum atomic E-state index is -0.262. The summed E-state index contributed by atoms with van der Waals surface area (Å²) in [5.74, 6) is -0.221. The number of fused-ring (bicyclic) bond motifs is 5. The lowest BCUT2D eigenvalue weighted by molar-refractivity contribution is -0.140. The molecule has 1 saturated carbocycles. The number of ketones is 1. The standard InChI is InChI=1S/C34H34N4O4/c1-7-19-16(3)24-12-25-17(4)21(9-10-31(41)42-6)33(37-25)22-11-30(40)32-18(5)26(38-34(22)32)13-28-20(8-2)23(15-39)29(36-28)14-27(19)35-24/h7,12-15,17,21,37,39H,1,8-11H2,2-6H3/b23-15+,25-12?,26-13?,27-14?,33-22?. The molecule has 5 aliphatic heterocycles. The molecule has 0 spiro atoms. The molecule has 0 aromatic carbocycles. The summed E-state index contributed by atoms with van der Waals surface area (Å²) in [4.78, 5) is 40.5. The predicted molar refractivity (Wildman–Crippen MR) is 164 cm³/mol. The molecule has 2 unspecified atom stereocenters. The second kappa shape index (κ2) is 10.4. The summed E-state index contributed by atoms with van der Waals surface area (Å²) in [6.45, 7) is 12.1. The zero-order chi connectivity index (χ0) is 29.9. The number of allylic oxidation sites excluding steroid dienone is 12. The Morgan fingerprint density at radius 1 is 1.14 bits per heavy atom. The first-order chi connectivity index (χ1) is 20.2. The van der Waals surface area contributed by atoms with Crippen molar-refractivity contribution in [2.24, 2.45) is 26.8 Å². The number of hydrogen-bond acceptors (Lipinski definition) is 8. The highest BCUT2D eigenvalue weighted by molar-refractivity contribution is 6.38. The van der Waals surface area contributed by atoms with Gasteiger partial charge in [0.2, 0.25) is 0 Å². The molecule has 214 valence electrons. The fourth-order valence-electron chi connectivity index (χ4n) is 6.70. The minimum Gasteiger partial charge on any atom is -0.515 e. The maximum atomic E-state index is 13.4. The number of aliphatic hydroxyl groups is 1. The van der Waals surface area contributed by atoms with Gasteiger partial charge in [-0.3, -0.25) is 9.59 Å². The average molecular weight is 563 g/mol. The topological polar surface area (TPSA) is 113 Å². The van der Waals surface area contributed by atoms with E-state index in [9.17, 15) is 14.7 Å². The fourth-order valence-corrected chi connectivity index (χ4v) is 6.70. The van der Waals surface area contributed by atoms with Gasteiger partial charge in [0.25, 0.3) is 0 Å². The van der Waals surface area contributed by atoms with Crippen molar-refractivity contribution in [2.75, 3.05) is 7.11 Å². The molecule has 6 rings (SSSR count). The van der Waals surface area contributed by atoms with Gasteiger partial charge in [-0.2, -0.15) is 0 Å². The Kier molecular flexibility index (Phi) is 6.80. The summed E-state index contributed by atoms with van der Waals surface area (Å²) in [6, 6.07) is 0. The second-order valence-electron chi connectivity index (χ2n) is 11.2. The molecule has 1 saturated heterocycles. The zero-order valence-corrected chi connectivity index (χ0v) is 24.6. The number of Topliss-reactive ketones (excluding diaryl/α,β-unsaturated/α-hetero) is 1. The van der Waals surface area contributed by atoms with Crippen LogP contribution in [0.25, 0.3) is 0 Å². The molecule has 2 atom stereocenters. The Hall–Kier alpha value is -4.59. The zero-order valence-electron chi connectivity index (χ0n) is 24.6. The van der Waals surface area contributed by atoms with E-state index in [1.807, 2.05) is 32.9 Å². The van der Waals surface area contributed by atoms with E-state index in [4.69, 9.17) is 19.7 Å². The molecule has 6 aliphatic rings. The molecule has 8 heteroatoms. The van der Waals surface area contributed by atoms with Gasteiger partial charge in [-0.15, -0.1) is 0 Å². The van der Waals surface area contributed by atoms with Gasteiger partial charge in [-0.25, -0.2) is 15.0 Å². The van der Waals surface area contributed by atoms with Crippen molar-refractivity contribution >= 4 is 28.9 Å². The normalized spacial score (nSPS) is 25.5. The molecule has 0 radical (unpaired) electrons. The molecule has 0 amide bonds. The van der Waals surface area contributed by atoms with E-state index in [0.717, 1.165) is 56.9 Å². The van der Waals surface area contributed by atoms with Gasteiger partial charge >= 0.3 is 5.97 Å². The first-order valence-electron chi connectivity index (χ1n) is 14.4. The lowest BCUT2D eigenvalue weighted by atomic mass is 9.86. The van der Waals surface area contributed by atoms with Crippen molar-refractivity contribution < 1.29 is 19.4 Å². The predicted octanol–water partition coefficient (Wildman–Crippen LogP) is 5.98. The van der Waals surface area contributed by atoms with Crippen LogP contribution in [0, 0.1) is 11.8 Å². The van der Waals surface area contributed by atoms with Crippen LogP contribution in [0.2, 0.25) is 0 Å². The highest BCUT2D eigenvalue weighted by atomic mass is 16.5. The van der Waals surface area contributed by atoms with E-state index in [-0.39, 0.29) is 36.4 Å². The van der Waals surface area contributed by atoms with Crippen molar-refractivity contribution in [1.82, 2.24) is 5.32 Å². The molecular formula is C34H34N4O4. The van der Waals surface area contributed by atoms with Gasteiger partial charge in [0.15, 0.2) is 5.78 Å². The van der Waals surface area contributed by atoms with Gasteiger partial charge in [0.1, 0.15) is 0 Å². The van der Waals surface area contributed by atoms with Gasteiger partial charge in [0.05, 0.1) is 47.6 Å². The lowest BCUT2D eigenvalue weighted by Gasteiger charge is -2.17. The summed E-state index contributed by atoms with van der Waals surface area (Å²) < 4.78 is 4.95. The highest BCUT2D eigenvalue weighted by Crippen LogP contribution is 2.45. The van der Waals surface area contributed by atoms with Crippen LogP contribution in [0.4, 0.5) is 0 Å². The molecule has 2 N–H and O–H groups in total. The Morgan fingerprint density at radius 2 is 1.93 bits per heavy atom. The first-order valence-corrected chi connectivity index (χ1v) is 14.4. The van der Waals surface area contributed by atoms with E-state index < -0.39 is 0 Å². The summed E-state index contributed by atoms with van der Waals surface area (Å²) in [6.07, 6.45) is 10.5. The molecule has 0 aromatic heterocycles. The third-order valence-electron chi connectivity index (χ3n) is 9.07. The average Bonchev–Trinajstić information content (AvgIpc) is 3.73. The number of esters is 1. The smallest absolute Gasteiger partial charge is 0.305 e. The maximum Gasteiger partial charge on any atom is 0.305 e. The Labute approximate surface area is 245 Å². The summed E-state index contributed by atoms with van der Waals surface area (Å²) in [5, 5.41) is 13.9. The Bertz CT molecular complexity index is 1730. The van der Waals surface area contributed by atoms with Crippen molar-refractivity contribution in [3.05, 3.63) is 105 Å². The van der Waals surface area contributed by atoms with Crippen LogP contribution in [0.1, 0.15) is 53.4 Å². The molecule has 8 nitrogen and oxygen atoms in total. The molecule has 42 heavy (non-hydrogen) atoms. The van der Waals surface area contributed by atoms with Crippen molar-refractivity contribution in [3.8, 4) is 0 Å². The maximum absolute atomic E-state index is 13.4. The largest absolute Gasteiger partial charge is 0.515 e. The van der Waals surface area contributed by atoms with E-state index in [1.165, 1.54) is 7.11 Å². The van der Waals surface area contributed by atoms with E-state index in [1.54, 1.807) is 6.08 Å². The number of aliphatic hydroxyl groups excluding tert-OH is 1. The molecule has 5 heterocycles. The van der Waals surface area contributed by atoms with Crippen LogP contribution in [-0.2, 0) is 14.3 Å². The number of nitrogens with zero attached hydrogens (tertiary/aromatic N) is 3. The Morgan fingerprint density at radius 3 is 2.62 bits per heavy atom. The van der Waals surface area contributed by atoms with Gasteiger partial charge in [0, 0.05) is 58.4 Å². The summed E-state index contributed by atoms with van der Waals surface area (Å²) in [5.41, 5.74) is 11.9. The van der Waals surface area contributed by atoms with Crippen molar-refractivity contribution in [1.29, 1.82) is 0 Å². The third-order valence-corrected chi connectivity index (χ3v) is 9.07. The number of aliphatic imine (C=N–C) groups is 3. The molecular weight excluding hydrogens is 528 g/mol. The second-order valence-corrected chi connectivity index (χ2v) is 11.2. The van der Waals surface area contributed by atoms with Crippen LogP contribution in [0.5, 0.6) is 0 Å². The number of methoxy groups -OCH3 is 1. The number of carbonyl (C=O) groups excluding carboxylic acids is 2. The monoisotopic (exact) mass is 562 g/mol. The number of ether oxygens (including phenoxy) is 1. The number of carbonyl (C=O) groups is 2. The minimum absolute atomic E-state index is 0.0300. The van der Waals surface area contributed by atoms with E-state index in [0.29, 0.717) is 46.8 Å². The van der Waals surface area contributed by atoms with Crippen LogP contribution < -0.4 is 5.32 Å². The lowest BCUT2D eigenvalue weighted by Crippen LogP contribution is -2.15. The van der Waals surface area contributed by atoms with Gasteiger partial charge < -0.3 is 15.2 Å². The van der Waals surface area contributed by atoms with Crippen molar-refractivity contribution in [2.45, 2.75) is 53.4 Å². The van der Waals surface area contributed by atoms with E-state index >= 15 is 0 Å². The molecule has 8 bridgehead atoms. The van der Waals surface area contributed by atoms with Crippen LogP contribution >= 0.6 is 0 Å².